The second-order valence-corrected chi connectivity index (χ2v) is 7.86. The van der Waals surface area contributed by atoms with E-state index in [0.717, 1.165) is 12.2 Å². The number of nitrogens with one attached hydrogen (secondary N) is 1. The summed E-state index contributed by atoms with van der Waals surface area (Å²) in [6.45, 7) is 6.45. The molecule has 0 unspecified atom stereocenters. The number of nitro groups is 1. The molecule has 0 saturated heterocycles. The third-order valence-corrected chi connectivity index (χ3v) is 6.04. The second kappa shape index (κ2) is 9.68. The van der Waals surface area contributed by atoms with Gasteiger partial charge in [-0.25, -0.2) is 4.98 Å². The molecule has 4 atom stereocenters. The molecule has 0 radical (unpaired) electrons. The molecule has 0 aliphatic heterocycles. The Kier molecular flexibility index (Phi) is 7.87. The molecule has 1 aliphatic rings. The van der Waals surface area contributed by atoms with Crippen molar-refractivity contribution >= 4 is 34.9 Å². The Morgan fingerprint density at radius 2 is 2.15 bits per heavy atom. The first-order valence-electron chi connectivity index (χ1n) is 8.72. The van der Waals surface area contributed by atoms with Crippen LogP contribution in [0.25, 0.3) is 0 Å². The van der Waals surface area contributed by atoms with Crippen LogP contribution in [0.3, 0.4) is 0 Å². The number of rotatable bonds is 9. The summed E-state index contributed by atoms with van der Waals surface area (Å²) in [7, 11) is 0. The highest BCUT2D eigenvalue weighted by Crippen LogP contribution is 2.38. The van der Waals surface area contributed by atoms with Crippen LogP contribution < -0.4 is 5.32 Å². The van der Waals surface area contributed by atoms with E-state index in [1.807, 2.05) is 6.92 Å². The zero-order chi connectivity index (χ0) is 19.3. The molecule has 1 aliphatic carbocycles. The summed E-state index contributed by atoms with van der Waals surface area (Å²) in [4.78, 5) is 19.3. The Labute approximate surface area is 162 Å². The fraction of sp³-hybridized carbons (Fsp3) is 0.750. The highest BCUT2D eigenvalue weighted by Gasteiger charge is 2.40. The zero-order valence-corrected chi connectivity index (χ0v) is 16.7. The van der Waals surface area contributed by atoms with Crippen LogP contribution in [0.5, 0.6) is 0 Å². The smallest absolute Gasteiger partial charge is 0.348 e. The van der Waals surface area contributed by atoms with Crippen molar-refractivity contribution in [1.82, 2.24) is 9.97 Å². The van der Waals surface area contributed by atoms with E-state index in [4.69, 9.17) is 21.4 Å². The van der Waals surface area contributed by atoms with Gasteiger partial charge in [0.15, 0.2) is 5.16 Å². The summed E-state index contributed by atoms with van der Waals surface area (Å²) in [6, 6.07) is -0.0395. The standard InChI is InChI=1S/C16H25ClN4O4S/c1-4-7-26-16-19-14(17)13(21(23)24)15(20-16)18-11-8-12(25-6-5-22)10(3)9(11)2/h9-12,22H,4-8H2,1-3H3,(H,18,19,20)/t9-,10+,11-,12+/m1/s1. The number of aliphatic hydroxyl groups is 1. The Bertz CT molecular complexity index is 637. The minimum atomic E-state index is -0.554. The molecule has 0 amide bonds. The van der Waals surface area contributed by atoms with Crippen LogP contribution in [0.15, 0.2) is 5.16 Å². The minimum absolute atomic E-state index is 0.0139. The van der Waals surface area contributed by atoms with E-state index in [2.05, 4.69) is 29.1 Å². The summed E-state index contributed by atoms with van der Waals surface area (Å²) in [5, 5.41) is 23.9. The first-order chi connectivity index (χ1) is 12.4. The molecule has 8 nitrogen and oxygen atoms in total. The molecule has 1 aromatic rings. The summed E-state index contributed by atoms with van der Waals surface area (Å²) in [5.41, 5.74) is -0.299. The molecule has 1 heterocycles. The Balaban J connectivity index is 2.23. The molecule has 10 heteroatoms. The lowest BCUT2D eigenvalue weighted by molar-refractivity contribution is -0.384. The maximum absolute atomic E-state index is 11.4. The molecular weight excluding hydrogens is 380 g/mol. The van der Waals surface area contributed by atoms with Crippen LogP contribution in [-0.2, 0) is 4.74 Å². The lowest BCUT2D eigenvalue weighted by Gasteiger charge is -2.20. The van der Waals surface area contributed by atoms with Gasteiger partial charge in [0.25, 0.3) is 0 Å². The van der Waals surface area contributed by atoms with Crippen LogP contribution in [0.1, 0.15) is 33.6 Å². The molecular formula is C16H25ClN4O4S. The van der Waals surface area contributed by atoms with Crippen LogP contribution in [0, 0.1) is 22.0 Å². The number of aliphatic hydroxyl groups excluding tert-OH is 1. The van der Waals surface area contributed by atoms with E-state index < -0.39 is 4.92 Å². The average molecular weight is 405 g/mol. The predicted octanol–water partition coefficient (Wildman–Crippen LogP) is 3.37. The SMILES string of the molecule is CCCSc1nc(Cl)c([N+](=O)[O-])c(N[C@@H]2C[C@H](OCCO)[C@@H](C)[C@H]2C)n1. The van der Waals surface area contributed by atoms with Crippen LogP contribution in [0.2, 0.25) is 5.15 Å². The normalized spacial score (nSPS) is 25.4. The predicted molar refractivity (Wildman–Crippen MR) is 102 cm³/mol. The fourth-order valence-electron chi connectivity index (χ4n) is 3.10. The van der Waals surface area contributed by atoms with Gasteiger partial charge in [0.1, 0.15) is 0 Å². The monoisotopic (exact) mass is 404 g/mol. The number of hydrogen-bond donors (Lipinski definition) is 2. The fourth-order valence-corrected chi connectivity index (χ4v) is 4.09. The number of thioether (sulfide) groups is 1. The van der Waals surface area contributed by atoms with Crippen molar-refractivity contribution in [2.75, 3.05) is 24.3 Å². The number of halogens is 1. The highest BCUT2D eigenvalue weighted by atomic mass is 35.5. The topological polar surface area (TPSA) is 110 Å². The molecule has 146 valence electrons. The molecule has 1 aromatic heterocycles. The van der Waals surface area contributed by atoms with Gasteiger partial charge in [-0.05, 0) is 24.7 Å². The molecule has 0 spiro atoms. The minimum Gasteiger partial charge on any atom is -0.394 e. The number of aromatic nitrogens is 2. The molecule has 0 aromatic carbocycles. The van der Waals surface area contributed by atoms with Crippen molar-refractivity contribution in [2.45, 2.75) is 50.9 Å². The van der Waals surface area contributed by atoms with Crippen molar-refractivity contribution in [3.8, 4) is 0 Å². The summed E-state index contributed by atoms with van der Waals surface area (Å²) in [6.07, 6.45) is 1.60. The summed E-state index contributed by atoms with van der Waals surface area (Å²) >= 11 is 7.48. The largest absolute Gasteiger partial charge is 0.394 e. The lowest BCUT2D eigenvalue weighted by atomic mass is 9.97. The van der Waals surface area contributed by atoms with E-state index in [0.29, 0.717) is 11.6 Å². The Morgan fingerprint density at radius 1 is 1.42 bits per heavy atom. The third-order valence-electron chi connectivity index (χ3n) is 4.72. The lowest BCUT2D eigenvalue weighted by Crippen LogP contribution is -2.25. The van der Waals surface area contributed by atoms with Crippen molar-refractivity contribution in [2.24, 2.45) is 11.8 Å². The van der Waals surface area contributed by atoms with Gasteiger partial charge in [0.05, 0.1) is 24.2 Å². The summed E-state index contributed by atoms with van der Waals surface area (Å²) < 4.78 is 5.69. The third kappa shape index (κ3) is 4.97. The van der Waals surface area contributed by atoms with E-state index in [-0.39, 0.29) is 53.9 Å². The molecule has 0 bridgehead atoms. The van der Waals surface area contributed by atoms with E-state index >= 15 is 0 Å². The summed E-state index contributed by atoms with van der Waals surface area (Å²) in [5.74, 6) is 1.44. The van der Waals surface area contributed by atoms with Crippen molar-refractivity contribution in [3.63, 3.8) is 0 Å². The van der Waals surface area contributed by atoms with Gasteiger partial charge in [0, 0.05) is 11.8 Å². The quantitative estimate of drug-likeness (QED) is 0.212. The molecule has 26 heavy (non-hydrogen) atoms. The van der Waals surface area contributed by atoms with Gasteiger partial charge < -0.3 is 15.2 Å². The van der Waals surface area contributed by atoms with Gasteiger partial charge in [-0.2, -0.15) is 4.98 Å². The molecule has 1 fully saturated rings. The first-order valence-corrected chi connectivity index (χ1v) is 10.1. The molecule has 2 N–H and O–H groups in total. The average Bonchev–Trinajstić information content (AvgIpc) is 2.85. The van der Waals surface area contributed by atoms with Crippen molar-refractivity contribution in [1.29, 1.82) is 0 Å². The van der Waals surface area contributed by atoms with Crippen LogP contribution >= 0.6 is 23.4 Å². The van der Waals surface area contributed by atoms with Crippen LogP contribution in [0.4, 0.5) is 11.5 Å². The van der Waals surface area contributed by atoms with Gasteiger partial charge in [-0.3, -0.25) is 10.1 Å². The van der Waals surface area contributed by atoms with Gasteiger partial charge >= 0.3 is 5.69 Å². The highest BCUT2D eigenvalue weighted by molar-refractivity contribution is 7.99. The van der Waals surface area contributed by atoms with Gasteiger partial charge in [-0.1, -0.05) is 44.1 Å². The first kappa shape index (κ1) is 21.1. The molecule has 1 saturated carbocycles. The maximum atomic E-state index is 11.4. The number of ether oxygens (including phenoxy) is 1. The van der Waals surface area contributed by atoms with Gasteiger partial charge in [-0.15, -0.1) is 0 Å². The van der Waals surface area contributed by atoms with Crippen molar-refractivity contribution < 1.29 is 14.8 Å². The number of anilines is 1. The number of hydrogen-bond acceptors (Lipinski definition) is 8. The Hall–Kier alpha value is -1.16. The van der Waals surface area contributed by atoms with E-state index in [9.17, 15) is 10.1 Å². The van der Waals surface area contributed by atoms with E-state index in [1.54, 1.807) is 0 Å². The second-order valence-electron chi connectivity index (χ2n) is 6.44. The number of nitrogens with zero attached hydrogens (tertiary/aromatic N) is 3. The van der Waals surface area contributed by atoms with Crippen LogP contribution in [-0.4, -0.2) is 51.1 Å². The maximum Gasteiger partial charge on any atom is 0.348 e. The molecule has 2 rings (SSSR count). The van der Waals surface area contributed by atoms with E-state index in [1.165, 1.54) is 11.8 Å². The van der Waals surface area contributed by atoms with Gasteiger partial charge in [0.2, 0.25) is 11.0 Å². The zero-order valence-electron chi connectivity index (χ0n) is 15.1. The van der Waals surface area contributed by atoms with Crippen molar-refractivity contribution in [3.05, 3.63) is 15.3 Å². The Morgan fingerprint density at radius 3 is 2.77 bits per heavy atom.